The normalized spacial score (nSPS) is 10.6. The molecular weight excluding hydrogens is 425 g/mol. The summed E-state index contributed by atoms with van der Waals surface area (Å²) in [5, 5.41) is 8.04. The van der Waals surface area contributed by atoms with Crippen LogP contribution in [0.25, 0.3) is 22.4 Å². The van der Waals surface area contributed by atoms with Gasteiger partial charge in [-0.1, -0.05) is 0 Å². The van der Waals surface area contributed by atoms with Crippen LogP contribution in [0.3, 0.4) is 0 Å². The van der Waals surface area contributed by atoms with E-state index < -0.39 is 5.91 Å². The number of hydrogen-bond donors (Lipinski definition) is 4. The van der Waals surface area contributed by atoms with Crippen molar-refractivity contribution in [1.82, 2.24) is 9.97 Å². The minimum Gasteiger partial charge on any atom is -0.338 e. The highest BCUT2D eigenvalue weighted by molar-refractivity contribution is 6.07. The second-order valence-electron chi connectivity index (χ2n) is 7.44. The van der Waals surface area contributed by atoms with Crippen LogP contribution in [0.2, 0.25) is 0 Å². The maximum absolute atomic E-state index is 13.2. The Kier molecular flexibility index (Phi) is 5.86. The van der Waals surface area contributed by atoms with E-state index in [0.717, 1.165) is 5.56 Å². The number of nitrogens with zero attached hydrogens (tertiary/aromatic N) is 1. The number of aromatic nitrogens is 2. The Morgan fingerprint density at radius 3 is 2.03 bits per heavy atom. The molecule has 0 saturated heterocycles. The maximum Gasteiger partial charge on any atom is 0.255 e. The van der Waals surface area contributed by atoms with Crippen LogP contribution in [0.4, 0.5) is 21.5 Å². The number of H-pyrrole nitrogens is 1. The van der Waals surface area contributed by atoms with Gasteiger partial charge >= 0.3 is 0 Å². The molecule has 9 heteroatoms. The van der Waals surface area contributed by atoms with Crippen LogP contribution in [-0.4, -0.2) is 27.7 Å². The van der Waals surface area contributed by atoms with Crippen LogP contribution in [0, 0.1) is 5.82 Å². The summed E-state index contributed by atoms with van der Waals surface area (Å²) in [4.78, 5) is 43.4. The zero-order chi connectivity index (χ0) is 23.5. The molecule has 1 aromatic heterocycles. The standard InChI is InChI=1S/C24H20FN5O3/c1-13(31)26-19-9-16(10-20(11-19)27-14(2)32)24(33)28-18-7-8-21-22(12-18)30-23(29-21)15-3-5-17(25)6-4-15/h3-12H,1-2H3,(H,26,31)(H,27,32)(H,28,33)(H,29,30). The Bertz CT molecular complexity index is 1340. The third-order valence-electron chi connectivity index (χ3n) is 4.69. The van der Waals surface area contributed by atoms with E-state index in [2.05, 4.69) is 25.9 Å². The minimum absolute atomic E-state index is 0.252. The second-order valence-corrected chi connectivity index (χ2v) is 7.44. The van der Waals surface area contributed by atoms with Gasteiger partial charge in [-0.2, -0.15) is 0 Å². The lowest BCUT2D eigenvalue weighted by Gasteiger charge is -2.11. The van der Waals surface area contributed by atoms with Crippen molar-refractivity contribution in [2.75, 3.05) is 16.0 Å². The highest BCUT2D eigenvalue weighted by Crippen LogP contribution is 2.24. The van der Waals surface area contributed by atoms with Gasteiger partial charge in [0.25, 0.3) is 5.91 Å². The van der Waals surface area contributed by atoms with Gasteiger partial charge in [0.1, 0.15) is 11.6 Å². The Labute approximate surface area is 188 Å². The number of imidazole rings is 1. The van der Waals surface area contributed by atoms with E-state index in [-0.39, 0.29) is 23.2 Å². The lowest BCUT2D eigenvalue weighted by molar-refractivity contribution is -0.115. The molecule has 0 bridgehead atoms. The predicted molar refractivity (Wildman–Crippen MR) is 124 cm³/mol. The third kappa shape index (κ3) is 5.21. The van der Waals surface area contributed by atoms with Gasteiger partial charge in [0, 0.05) is 42.0 Å². The first-order valence-electron chi connectivity index (χ1n) is 10.0. The number of carbonyl (C=O) groups is 3. The van der Waals surface area contributed by atoms with Crippen molar-refractivity contribution in [2.24, 2.45) is 0 Å². The van der Waals surface area contributed by atoms with Crippen molar-refractivity contribution in [2.45, 2.75) is 13.8 Å². The quantitative estimate of drug-likeness (QED) is 0.361. The zero-order valence-corrected chi connectivity index (χ0v) is 17.8. The maximum atomic E-state index is 13.2. The summed E-state index contributed by atoms with van der Waals surface area (Å²) >= 11 is 0. The summed E-state index contributed by atoms with van der Waals surface area (Å²) < 4.78 is 13.2. The molecule has 33 heavy (non-hydrogen) atoms. The number of halogens is 1. The van der Waals surface area contributed by atoms with Gasteiger partial charge < -0.3 is 20.9 Å². The van der Waals surface area contributed by atoms with Crippen molar-refractivity contribution in [1.29, 1.82) is 0 Å². The van der Waals surface area contributed by atoms with Crippen molar-refractivity contribution in [3.63, 3.8) is 0 Å². The predicted octanol–water partition coefficient (Wildman–Crippen LogP) is 4.54. The number of fused-ring (bicyclic) bond motifs is 1. The van der Waals surface area contributed by atoms with Crippen molar-refractivity contribution < 1.29 is 18.8 Å². The summed E-state index contributed by atoms with van der Waals surface area (Å²) in [7, 11) is 0. The molecule has 0 radical (unpaired) electrons. The molecule has 4 N–H and O–H groups in total. The fraction of sp³-hybridized carbons (Fsp3) is 0.0833. The van der Waals surface area contributed by atoms with Gasteiger partial charge in [-0.25, -0.2) is 9.37 Å². The van der Waals surface area contributed by atoms with Crippen LogP contribution >= 0.6 is 0 Å². The largest absolute Gasteiger partial charge is 0.338 e. The summed E-state index contributed by atoms with van der Waals surface area (Å²) in [6.07, 6.45) is 0. The zero-order valence-electron chi connectivity index (χ0n) is 17.8. The van der Waals surface area contributed by atoms with Crippen LogP contribution < -0.4 is 16.0 Å². The SMILES string of the molecule is CC(=O)Nc1cc(NC(C)=O)cc(C(=O)Nc2ccc3nc(-c4ccc(F)cc4)[nH]c3c2)c1. The van der Waals surface area contributed by atoms with Gasteiger partial charge in [0.15, 0.2) is 0 Å². The molecule has 0 aliphatic heterocycles. The molecule has 0 fully saturated rings. The first kappa shape index (κ1) is 21.7. The summed E-state index contributed by atoms with van der Waals surface area (Å²) in [5.74, 6) is -0.780. The van der Waals surface area contributed by atoms with Gasteiger partial charge in [0.2, 0.25) is 11.8 Å². The number of aromatic amines is 1. The lowest BCUT2D eigenvalue weighted by Crippen LogP contribution is -2.15. The molecule has 0 saturated carbocycles. The monoisotopic (exact) mass is 445 g/mol. The molecule has 8 nitrogen and oxygen atoms in total. The first-order valence-corrected chi connectivity index (χ1v) is 10.0. The fourth-order valence-corrected chi connectivity index (χ4v) is 3.34. The third-order valence-corrected chi connectivity index (χ3v) is 4.69. The van der Waals surface area contributed by atoms with Crippen LogP contribution in [0.1, 0.15) is 24.2 Å². The van der Waals surface area contributed by atoms with E-state index in [1.165, 1.54) is 38.1 Å². The van der Waals surface area contributed by atoms with E-state index in [1.54, 1.807) is 36.4 Å². The highest BCUT2D eigenvalue weighted by Gasteiger charge is 2.12. The van der Waals surface area contributed by atoms with Crippen LogP contribution in [0.15, 0.2) is 60.7 Å². The molecule has 1 heterocycles. The number of benzene rings is 3. The number of hydrogen-bond acceptors (Lipinski definition) is 4. The van der Waals surface area contributed by atoms with Crippen LogP contribution in [0.5, 0.6) is 0 Å². The molecule has 0 aliphatic rings. The molecular formula is C24H20FN5O3. The minimum atomic E-state index is -0.425. The molecule has 166 valence electrons. The number of rotatable bonds is 5. The topological polar surface area (TPSA) is 116 Å². The highest BCUT2D eigenvalue weighted by atomic mass is 19.1. The summed E-state index contributed by atoms with van der Waals surface area (Å²) in [6, 6.07) is 15.8. The van der Waals surface area contributed by atoms with Crippen LogP contribution in [-0.2, 0) is 9.59 Å². The molecule has 3 amide bonds. The number of amides is 3. The molecule has 4 aromatic rings. The average Bonchev–Trinajstić information content (AvgIpc) is 3.16. The smallest absolute Gasteiger partial charge is 0.255 e. The Morgan fingerprint density at radius 1 is 0.788 bits per heavy atom. The van der Waals surface area contributed by atoms with E-state index in [4.69, 9.17) is 0 Å². The van der Waals surface area contributed by atoms with Gasteiger partial charge in [-0.05, 0) is 60.7 Å². The summed E-state index contributed by atoms with van der Waals surface area (Å²) in [6.45, 7) is 2.70. The first-order chi connectivity index (χ1) is 15.8. The van der Waals surface area contributed by atoms with Gasteiger partial charge in [-0.3, -0.25) is 14.4 Å². The molecule has 0 spiro atoms. The van der Waals surface area contributed by atoms with E-state index >= 15 is 0 Å². The van der Waals surface area contributed by atoms with E-state index in [9.17, 15) is 18.8 Å². The molecule has 0 atom stereocenters. The summed E-state index contributed by atoms with van der Waals surface area (Å²) in [5.41, 5.74) is 3.65. The van der Waals surface area contributed by atoms with E-state index in [0.29, 0.717) is 33.9 Å². The Morgan fingerprint density at radius 2 is 1.42 bits per heavy atom. The molecule has 3 aromatic carbocycles. The molecule has 4 rings (SSSR count). The van der Waals surface area contributed by atoms with E-state index in [1.807, 2.05) is 0 Å². The number of anilines is 3. The fourth-order valence-electron chi connectivity index (χ4n) is 3.34. The van der Waals surface area contributed by atoms with Crippen molar-refractivity contribution >= 4 is 45.8 Å². The Hall–Kier alpha value is -4.53. The number of nitrogens with one attached hydrogen (secondary N) is 4. The molecule has 0 unspecified atom stereocenters. The van der Waals surface area contributed by atoms with Gasteiger partial charge in [-0.15, -0.1) is 0 Å². The molecule has 0 aliphatic carbocycles. The second kappa shape index (κ2) is 8.91. The van der Waals surface area contributed by atoms with Gasteiger partial charge in [0.05, 0.1) is 11.0 Å². The lowest BCUT2D eigenvalue weighted by atomic mass is 10.1. The van der Waals surface area contributed by atoms with Crippen molar-refractivity contribution in [3.05, 3.63) is 72.0 Å². The number of carbonyl (C=O) groups excluding carboxylic acids is 3. The van der Waals surface area contributed by atoms with Crippen molar-refractivity contribution in [3.8, 4) is 11.4 Å². The Balaban J connectivity index is 1.59. The average molecular weight is 445 g/mol.